The molecule has 0 bridgehead atoms. The number of hydrogen-bond acceptors (Lipinski definition) is 5. The Labute approximate surface area is 83.1 Å². The van der Waals surface area contributed by atoms with Gasteiger partial charge in [0, 0.05) is 18.7 Å². The van der Waals surface area contributed by atoms with E-state index in [1.165, 1.54) is 0 Å². The Kier molecular flexibility index (Phi) is 2.49. The quantitative estimate of drug-likeness (QED) is 0.622. The highest BCUT2D eigenvalue weighted by Crippen LogP contribution is 2.18. The number of aromatic nitrogens is 2. The molecule has 0 spiro atoms. The second kappa shape index (κ2) is 3.79. The molecule has 0 aliphatic carbocycles. The van der Waals surface area contributed by atoms with Crippen molar-refractivity contribution in [1.82, 2.24) is 15.3 Å². The highest BCUT2D eigenvalue weighted by atomic mass is 15.1. The van der Waals surface area contributed by atoms with E-state index in [0.29, 0.717) is 11.8 Å². The molecule has 0 aromatic carbocycles. The first-order valence-electron chi connectivity index (χ1n) is 4.91. The Morgan fingerprint density at radius 1 is 1.50 bits per heavy atom. The van der Waals surface area contributed by atoms with Crippen molar-refractivity contribution in [3.63, 3.8) is 0 Å². The Morgan fingerprint density at radius 3 is 3.14 bits per heavy atom. The molecule has 76 valence electrons. The predicted octanol–water partition coefficient (Wildman–Crippen LogP) is 0.136. The van der Waals surface area contributed by atoms with Gasteiger partial charge in [-0.15, -0.1) is 0 Å². The molecule has 4 N–H and O–H groups in total. The molecule has 1 aromatic rings. The van der Waals surface area contributed by atoms with Gasteiger partial charge >= 0.3 is 0 Å². The molecule has 5 nitrogen and oxygen atoms in total. The van der Waals surface area contributed by atoms with Crippen molar-refractivity contribution in [1.29, 1.82) is 0 Å². The molecule has 5 heteroatoms. The first-order chi connectivity index (χ1) is 6.81. The lowest BCUT2D eigenvalue weighted by atomic mass is 10.1. The van der Waals surface area contributed by atoms with E-state index >= 15 is 0 Å². The minimum Gasteiger partial charge on any atom is -0.383 e. The standard InChI is InChI=1S/C9H15N5/c1-2-12-9-13-7-5-11-4-3-6(7)8(10)14-9/h11H,2-5H2,1H3,(H3,10,12,13,14). The molecular formula is C9H15N5. The summed E-state index contributed by atoms with van der Waals surface area (Å²) in [5.41, 5.74) is 7.98. The lowest BCUT2D eigenvalue weighted by Crippen LogP contribution is -2.26. The Balaban J connectivity index is 2.36. The fourth-order valence-corrected chi connectivity index (χ4v) is 1.63. The van der Waals surface area contributed by atoms with Crippen LogP contribution >= 0.6 is 0 Å². The van der Waals surface area contributed by atoms with Gasteiger partial charge < -0.3 is 16.4 Å². The molecule has 0 atom stereocenters. The predicted molar refractivity (Wildman–Crippen MR) is 56.0 cm³/mol. The summed E-state index contributed by atoms with van der Waals surface area (Å²) < 4.78 is 0. The summed E-state index contributed by atoms with van der Waals surface area (Å²) in [6.07, 6.45) is 0.924. The monoisotopic (exact) mass is 193 g/mol. The molecule has 2 rings (SSSR count). The van der Waals surface area contributed by atoms with Crippen LogP contribution in [0.1, 0.15) is 18.2 Å². The third-order valence-electron chi connectivity index (χ3n) is 2.30. The van der Waals surface area contributed by atoms with Crippen LogP contribution in [0, 0.1) is 0 Å². The minimum atomic E-state index is 0.618. The van der Waals surface area contributed by atoms with Crippen molar-refractivity contribution in [2.45, 2.75) is 19.9 Å². The maximum Gasteiger partial charge on any atom is 0.224 e. The molecule has 0 unspecified atom stereocenters. The van der Waals surface area contributed by atoms with Crippen LogP contribution in [0.15, 0.2) is 0 Å². The third kappa shape index (κ3) is 1.63. The van der Waals surface area contributed by atoms with Crippen LogP contribution in [0.2, 0.25) is 0 Å². The molecule has 0 saturated heterocycles. The number of rotatable bonds is 2. The highest BCUT2D eigenvalue weighted by Gasteiger charge is 2.15. The average molecular weight is 193 g/mol. The number of nitrogens with one attached hydrogen (secondary N) is 2. The smallest absolute Gasteiger partial charge is 0.224 e. The molecule has 0 amide bonds. The number of nitrogens with two attached hydrogens (primary N) is 1. The van der Waals surface area contributed by atoms with Crippen LogP contribution < -0.4 is 16.4 Å². The lowest BCUT2D eigenvalue weighted by Gasteiger charge is -2.18. The Bertz CT molecular complexity index is 336. The van der Waals surface area contributed by atoms with Gasteiger partial charge in [0.25, 0.3) is 0 Å². The maximum atomic E-state index is 5.85. The minimum absolute atomic E-state index is 0.618. The van der Waals surface area contributed by atoms with Gasteiger partial charge in [-0.1, -0.05) is 0 Å². The molecule has 2 heterocycles. The maximum absolute atomic E-state index is 5.85. The molecule has 1 aromatic heterocycles. The molecule has 1 aliphatic heterocycles. The van der Waals surface area contributed by atoms with E-state index in [9.17, 15) is 0 Å². The van der Waals surface area contributed by atoms with E-state index in [1.807, 2.05) is 6.92 Å². The fourth-order valence-electron chi connectivity index (χ4n) is 1.63. The van der Waals surface area contributed by atoms with E-state index in [2.05, 4.69) is 20.6 Å². The normalized spacial score (nSPS) is 14.9. The van der Waals surface area contributed by atoms with Gasteiger partial charge in [0.2, 0.25) is 5.95 Å². The zero-order valence-corrected chi connectivity index (χ0v) is 8.30. The molecule has 0 radical (unpaired) electrons. The van der Waals surface area contributed by atoms with E-state index in [0.717, 1.165) is 37.3 Å². The van der Waals surface area contributed by atoms with Gasteiger partial charge in [-0.05, 0) is 19.9 Å². The number of hydrogen-bond donors (Lipinski definition) is 3. The average Bonchev–Trinajstić information content (AvgIpc) is 2.18. The highest BCUT2D eigenvalue weighted by molar-refractivity contribution is 5.48. The number of nitrogen functional groups attached to an aromatic ring is 1. The lowest BCUT2D eigenvalue weighted by molar-refractivity contribution is 0.626. The van der Waals surface area contributed by atoms with Crippen molar-refractivity contribution in [3.8, 4) is 0 Å². The van der Waals surface area contributed by atoms with Crippen LogP contribution in [0.4, 0.5) is 11.8 Å². The van der Waals surface area contributed by atoms with E-state index in [-0.39, 0.29) is 0 Å². The molecule has 14 heavy (non-hydrogen) atoms. The summed E-state index contributed by atoms with van der Waals surface area (Å²) in [7, 11) is 0. The summed E-state index contributed by atoms with van der Waals surface area (Å²) in [5.74, 6) is 1.25. The van der Waals surface area contributed by atoms with Crippen molar-refractivity contribution < 1.29 is 0 Å². The number of nitrogens with zero attached hydrogens (tertiary/aromatic N) is 2. The first kappa shape index (κ1) is 9.21. The second-order valence-corrected chi connectivity index (χ2v) is 3.31. The zero-order valence-electron chi connectivity index (χ0n) is 8.30. The Hall–Kier alpha value is -1.36. The number of fused-ring (bicyclic) bond motifs is 1. The van der Waals surface area contributed by atoms with Crippen LogP contribution in [-0.4, -0.2) is 23.1 Å². The summed E-state index contributed by atoms with van der Waals surface area (Å²) >= 11 is 0. The molecule has 0 saturated carbocycles. The van der Waals surface area contributed by atoms with Gasteiger partial charge in [0.15, 0.2) is 0 Å². The summed E-state index contributed by atoms with van der Waals surface area (Å²) in [5, 5.41) is 6.33. The van der Waals surface area contributed by atoms with E-state index in [1.54, 1.807) is 0 Å². The van der Waals surface area contributed by atoms with Gasteiger partial charge in [-0.2, -0.15) is 4.98 Å². The van der Waals surface area contributed by atoms with E-state index in [4.69, 9.17) is 5.73 Å². The summed E-state index contributed by atoms with van der Waals surface area (Å²) in [4.78, 5) is 8.60. The molecule has 1 aliphatic rings. The SMILES string of the molecule is CCNc1nc(N)c2c(n1)CNCC2. The van der Waals surface area contributed by atoms with E-state index < -0.39 is 0 Å². The third-order valence-corrected chi connectivity index (χ3v) is 2.30. The zero-order chi connectivity index (χ0) is 9.97. The van der Waals surface area contributed by atoms with Gasteiger partial charge in [-0.25, -0.2) is 4.98 Å². The fraction of sp³-hybridized carbons (Fsp3) is 0.556. The van der Waals surface area contributed by atoms with Crippen LogP contribution in [0.5, 0.6) is 0 Å². The van der Waals surface area contributed by atoms with Crippen molar-refractivity contribution in [2.75, 3.05) is 24.1 Å². The number of anilines is 2. The largest absolute Gasteiger partial charge is 0.383 e. The first-order valence-corrected chi connectivity index (χ1v) is 4.91. The van der Waals surface area contributed by atoms with Crippen molar-refractivity contribution in [3.05, 3.63) is 11.3 Å². The van der Waals surface area contributed by atoms with Gasteiger partial charge in [-0.3, -0.25) is 0 Å². The van der Waals surface area contributed by atoms with Gasteiger partial charge in [0.1, 0.15) is 5.82 Å². The topological polar surface area (TPSA) is 75.9 Å². The summed E-state index contributed by atoms with van der Waals surface area (Å²) in [6, 6.07) is 0. The van der Waals surface area contributed by atoms with Crippen LogP contribution in [-0.2, 0) is 13.0 Å². The van der Waals surface area contributed by atoms with Crippen LogP contribution in [0.3, 0.4) is 0 Å². The Morgan fingerprint density at radius 2 is 2.36 bits per heavy atom. The summed E-state index contributed by atoms with van der Waals surface area (Å²) in [6.45, 7) is 4.57. The van der Waals surface area contributed by atoms with Crippen molar-refractivity contribution in [2.24, 2.45) is 0 Å². The molecule has 0 fully saturated rings. The van der Waals surface area contributed by atoms with Crippen molar-refractivity contribution >= 4 is 11.8 Å². The molecular weight excluding hydrogens is 178 g/mol. The second-order valence-electron chi connectivity index (χ2n) is 3.31. The van der Waals surface area contributed by atoms with Crippen LogP contribution in [0.25, 0.3) is 0 Å². The van der Waals surface area contributed by atoms with Gasteiger partial charge in [0.05, 0.1) is 5.69 Å².